The number of carbonyl (C=O) groups is 2. The Bertz CT molecular complexity index is 1130. The third-order valence-electron chi connectivity index (χ3n) is 4.30. The van der Waals surface area contributed by atoms with Gasteiger partial charge in [0, 0.05) is 5.69 Å². The molecule has 6 nitrogen and oxygen atoms in total. The van der Waals surface area contributed by atoms with Crippen LogP contribution in [0.15, 0.2) is 71.8 Å². The molecule has 0 aliphatic rings. The molecule has 0 aliphatic carbocycles. The highest BCUT2D eigenvalue weighted by Crippen LogP contribution is 2.25. The van der Waals surface area contributed by atoms with Crippen LogP contribution in [-0.2, 0) is 16.2 Å². The summed E-state index contributed by atoms with van der Waals surface area (Å²) in [5, 5.41) is 7.14. The summed E-state index contributed by atoms with van der Waals surface area (Å²) in [6.45, 7) is 2.52. The van der Waals surface area contributed by atoms with Crippen LogP contribution in [0, 0.1) is 6.92 Å². The van der Waals surface area contributed by atoms with Crippen LogP contribution in [0.1, 0.15) is 23.1 Å². The van der Waals surface area contributed by atoms with Crippen LogP contribution in [0.5, 0.6) is 5.75 Å². The third-order valence-corrected chi connectivity index (χ3v) is 5.03. The number of carbonyl (C=O) groups excluding carboxylic acids is 2. The fraction of sp³-hybridized carbons (Fsp3) is 0.125. The van der Waals surface area contributed by atoms with E-state index in [0.29, 0.717) is 22.3 Å². The molecule has 8 heteroatoms. The van der Waals surface area contributed by atoms with Crippen LogP contribution in [0.2, 0.25) is 10.0 Å². The summed E-state index contributed by atoms with van der Waals surface area (Å²) in [5.41, 5.74) is 5.83. The Labute approximate surface area is 196 Å². The number of aryl methyl sites for hydroxylation is 1. The van der Waals surface area contributed by atoms with Gasteiger partial charge in [-0.1, -0.05) is 53.0 Å². The van der Waals surface area contributed by atoms with Crippen LogP contribution in [0.3, 0.4) is 0 Å². The molecule has 0 saturated carbocycles. The Morgan fingerprint density at radius 1 is 0.969 bits per heavy atom. The number of benzene rings is 3. The highest BCUT2D eigenvalue weighted by molar-refractivity contribution is 6.42. The quantitative estimate of drug-likeness (QED) is 0.264. The molecule has 0 aliphatic heterocycles. The van der Waals surface area contributed by atoms with Crippen LogP contribution in [0.4, 0.5) is 5.69 Å². The lowest BCUT2D eigenvalue weighted by Gasteiger charge is -2.07. The Morgan fingerprint density at radius 3 is 2.47 bits per heavy atom. The van der Waals surface area contributed by atoms with Crippen molar-refractivity contribution in [1.29, 1.82) is 0 Å². The Hall–Kier alpha value is -3.35. The van der Waals surface area contributed by atoms with Crippen LogP contribution >= 0.6 is 23.2 Å². The van der Waals surface area contributed by atoms with Gasteiger partial charge in [0.15, 0.2) is 0 Å². The van der Waals surface area contributed by atoms with E-state index in [1.165, 1.54) is 17.8 Å². The van der Waals surface area contributed by atoms with Crippen molar-refractivity contribution in [2.24, 2.45) is 5.10 Å². The van der Waals surface area contributed by atoms with Crippen molar-refractivity contribution in [3.63, 3.8) is 0 Å². The number of rotatable bonds is 8. The summed E-state index contributed by atoms with van der Waals surface area (Å²) in [6.07, 6.45) is 1.10. The number of amides is 2. The van der Waals surface area contributed by atoms with Crippen molar-refractivity contribution in [3.05, 3.63) is 93.5 Å². The zero-order chi connectivity index (χ0) is 22.9. The molecule has 0 heterocycles. The van der Waals surface area contributed by atoms with Gasteiger partial charge >= 0.3 is 0 Å². The smallest absolute Gasteiger partial charge is 0.249 e. The van der Waals surface area contributed by atoms with Gasteiger partial charge in [-0.25, -0.2) is 5.43 Å². The number of hydrogen-bond donors (Lipinski definition) is 2. The zero-order valence-corrected chi connectivity index (χ0v) is 18.8. The average Bonchev–Trinajstić information content (AvgIpc) is 2.76. The van der Waals surface area contributed by atoms with Crippen LogP contribution in [-0.4, -0.2) is 18.0 Å². The van der Waals surface area contributed by atoms with E-state index in [0.717, 1.165) is 16.9 Å². The Kier molecular flexibility index (Phi) is 8.25. The van der Waals surface area contributed by atoms with Gasteiger partial charge < -0.3 is 10.1 Å². The fourth-order valence-corrected chi connectivity index (χ4v) is 3.06. The zero-order valence-electron chi connectivity index (χ0n) is 17.3. The monoisotopic (exact) mass is 469 g/mol. The number of anilines is 1. The van der Waals surface area contributed by atoms with Gasteiger partial charge in [0.2, 0.25) is 11.8 Å². The van der Waals surface area contributed by atoms with E-state index in [9.17, 15) is 9.59 Å². The molecule has 0 aromatic heterocycles. The second-order valence-corrected chi connectivity index (χ2v) is 7.81. The first-order valence-corrected chi connectivity index (χ1v) is 10.5. The highest BCUT2D eigenvalue weighted by atomic mass is 35.5. The molecule has 0 spiro atoms. The maximum atomic E-state index is 12.0. The van der Waals surface area contributed by atoms with E-state index in [2.05, 4.69) is 21.9 Å². The fourth-order valence-electron chi connectivity index (χ4n) is 2.76. The van der Waals surface area contributed by atoms with E-state index < -0.39 is 11.8 Å². The molecule has 0 fully saturated rings. The van der Waals surface area contributed by atoms with Gasteiger partial charge in [-0.05, 0) is 60.5 Å². The summed E-state index contributed by atoms with van der Waals surface area (Å²) in [7, 11) is 0. The average molecular weight is 470 g/mol. The van der Waals surface area contributed by atoms with Crippen molar-refractivity contribution >= 4 is 46.9 Å². The number of hydrogen-bond acceptors (Lipinski definition) is 4. The van der Waals surface area contributed by atoms with Gasteiger partial charge in [0.25, 0.3) is 0 Å². The Balaban J connectivity index is 1.43. The minimum Gasteiger partial charge on any atom is -0.489 e. The maximum absolute atomic E-state index is 12.0. The van der Waals surface area contributed by atoms with Crippen LogP contribution in [0.25, 0.3) is 0 Å². The predicted octanol–water partition coefficient (Wildman–Crippen LogP) is 5.36. The summed E-state index contributed by atoms with van der Waals surface area (Å²) >= 11 is 11.7. The molecular formula is C24H21Cl2N3O3. The van der Waals surface area contributed by atoms with Crippen molar-refractivity contribution in [3.8, 4) is 5.75 Å². The minimum absolute atomic E-state index is 0.310. The SMILES string of the molecule is Cc1cccc(COc2ccc(C=NNC(=O)CC(=O)Nc3ccc(Cl)c(Cl)c3)cc2)c1. The standard InChI is InChI=1S/C24H21Cl2N3O3/c1-16-3-2-4-18(11-16)15-32-20-8-5-17(6-9-20)14-27-29-24(31)13-23(30)28-19-7-10-21(25)22(26)12-19/h2-12,14H,13,15H2,1H3,(H,28,30)(H,29,31). The third kappa shape index (κ3) is 7.41. The summed E-state index contributed by atoms with van der Waals surface area (Å²) in [6, 6.07) is 20.1. The molecule has 0 bridgehead atoms. The normalized spacial score (nSPS) is 10.7. The molecule has 3 aromatic rings. The minimum atomic E-state index is -0.545. The van der Waals surface area contributed by atoms with Gasteiger partial charge in [0.05, 0.1) is 16.3 Å². The van der Waals surface area contributed by atoms with E-state index in [1.807, 2.05) is 49.4 Å². The second kappa shape index (κ2) is 11.3. The number of hydrazone groups is 1. The Morgan fingerprint density at radius 2 is 1.75 bits per heavy atom. The highest BCUT2D eigenvalue weighted by Gasteiger charge is 2.10. The number of ether oxygens (including phenoxy) is 1. The molecule has 2 N–H and O–H groups in total. The summed E-state index contributed by atoms with van der Waals surface area (Å²) < 4.78 is 5.78. The predicted molar refractivity (Wildman–Crippen MR) is 127 cm³/mol. The van der Waals surface area contributed by atoms with Gasteiger partial charge in [-0.2, -0.15) is 5.10 Å². The lowest BCUT2D eigenvalue weighted by Crippen LogP contribution is -2.24. The molecule has 2 amide bonds. The number of nitrogens with zero attached hydrogens (tertiary/aromatic N) is 1. The second-order valence-electron chi connectivity index (χ2n) is 6.99. The van der Waals surface area contributed by atoms with E-state index in [-0.39, 0.29) is 6.42 Å². The first-order valence-electron chi connectivity index (χ1n) is 9.74. The topological polar surface area (TPSA) is 79.8 Å². The number of nitrogens with one attached hydrogen (secondary N) is 2. The molecule has 0 radical (unpaired) electrons. The lowest BCUT2D eigenvalue weighted by atomic mass is 10.1. The van der Waals surface area contributed by atoms with E-state index in [1.54, 1.807) is 12.1 Å². The molecule has 32 heavy (non-hydrogen) atoms. The van der Waals surface area contributed by atoms with Crippen molar-refractivity contribution < 1.29 is 14.3 Å². The summed E-state index contributed by atoms with van der Waals surface area (Å²) in [5.74, 6) is -0.310. The van der Waals surface area contributed by atoms with Gasteiger partial charge in [-0.15, -0.1) is 0 Å². The van der Waals surface area contributed by atoms with Crippen molar-refractivity contribution in [2.45, 2.75) is 20.0 Å². The summed E-state index contributed by atoms with van der Waals surface area (Å²) in [4.78, 5) is 23.9. The van der Waals surface area contributed by atoms with Crippen molar-refractivity contribution in [1.82, 2.24) is 5.43 Å². The molecular weight excluding hydrogens is 449 g/mol. The van der Waals surface area contributed by atoms with E-state index in [4.69, 9.17) is 27.9 Å². The van der Waals surface area contributed by atoms with Crippen LogP contribution < -0.4 is 15.5 Å². The molecule has 164 valence electrons. The van der Waals surface area contributed by atoms with Gasteiger partial charge in [0.1, 0.15) is 18.8 Å². The largest absolute Gasteiger partial charge is 0.489 e. The van der Waals surface area contributed by atoms with Crippen molar-refractivity contribution in [2.75, 3.05) is 5.32 Å². The molecule has 3 aromatic carbocycles. The lowest BCUT2D eigenvalue weighted by molar-refractivity contribution is -0.126. The maximum Gasteiger partial charge on any atom is 0.249 e. The number of halogens is 2. The molecule has 0 saturated heterocycles. The first-order chi connectivity index (χ1) is 15.4. The molecule has 0 unspecified atom stereocenters. The van der Waals surface area contributed by atoms with E-state index >= 15 is 0 Å². The van der Waals surface area contributed by atoms with Gasteiger partial charge in [-0.3, -0.25) is 9.59 Å². The molecule has 0 atom stereocenters. The molecule has 3 rings (SSSR count). The first kappa shape index (κ1) is 23.3.